The van der Waals surface area contributed by atoms with Gasteiger partial charge in [-0.1, -0.05) is 37.8 Å². The van der Waals surface area contributed by atoms with Crippen LogP contribution in [0.25, 0.3) is 6.08 Å². The topological polar surface area (TPSA) is 69.3 Å². The molecule has 3 rings (SSSR count). The largest absolute Gasteiger partial charge is 0.357 e. The average molecular weight is 445 g/mol. The number of hydrogen-bond acceptors (Lipinski definition) is 6. The van der Waals surface area contributed by atoms with E-state index in [9.17, 15) is 14.9 Å². The van der Waals surface area contributed by atoms with Gasteiger partial charge in [-0.2, -0.15) is 5.26 Å². The van der Waals surface area contributed by atoms with Crippen molar-refractivity contribution in [2.75, 3.05) is 24.5 Å². The Morgan fingerprint density at radius 2 is 2.07 bits per heavy atom. The van der Waals surface area contributed by atoms with Crippen molar-refractivity contribution in [1.82, 2.24) is 9.47 Å². The Labute approximate surface area is 187 Å². The molecule has 1 unspecified atom stereocenters. The molecule has 160 valence electrons. The van der Waals surface area contributed by atoms with Crippen LogP contribution in [0.4, 0.5) is 5.82 Å². The van der Waals surface area contributed by atoms with Crippen molar-refractivity contribution in [1.29, 1.82) is 5.26 Å². The first-order valence-electron chi connectivity index (χ1n) is 10.5. The lowest BCUT2D eigenvalue weighted by atomic mass is 9.98. The second-order valence-electron chi connectivity index (χ2n) is 7.93. The minimum atomic E-state index is -0.247. The summed E-state index contributed by atoms with van der Waals surface area (Å²) in [6, 6.07) is 2.10. The summed E-state index contributed by atoms with van der Waals surface area (Å²) in [5.41, 5.74) is 1.31. The molecule has 3 heterocycles. The van der Waals surface area contributed by atoms with E-state index in [1.165, 1.54) is 11.8 Å². The number of carbonyl (C=O) groups is 1. The third-order valence-electron chi connectivity index (χ3n) is 5.72. The molecule has 1 amide bonds. The van der Waals surface area contributed by atoms with Gasteiger partial charge in [-0.05, 0) is 50.7 Å². The molecule has 2 aliphatic heterocycles. The second kappa shape index (κ2) is 9.36. The van der Waals surface area contributed by atoms with E-state index in [2.05, 4.69) is 17.9 Å². The van der Waals surface area contributed by atoms with Crippen LogP contribution in [0.3, 0.4) is 0 Å². The molecule has 0 aliphatic carbocycles. The van der Waals surface area contributed by atoms with E-state index in [0.29, 0.717) is 33.8 Å². The fourth-order valence-corrected chi connectivity index (χ4v) is 5.57. The fourth-order valence-electron chi connectivity index (χ4n) is 4.20. The number of nitriles is 1. The number of aromatic nitrogens is 1. The van der Waals surface area contributed by atoms with Gasteiger partial charge >= 0.3 is 0 Å². The number of rotatable bonds is 5. The average Bonchev–Trinajstić information content (AvgIpc) is 2.98. The monoisotopic (exact) mass is 444 g/mol. The number of thioether (sulfide) groups is 1. The molecule has 0 N–H and O–H groups in total. The van der Waals surface area contributed by atoms with Gasteiger partial charge in [-0.25, -0.2) is 0 Å². The highest BCUT2D eigenvalue weighted by Crippen LogP contribution is 2.36. The zero-order valence-electron chi connectivity index (χ0n) is 18.0. The summed E-state index contributed by atoms with van der Waals surface area (Å²) in [4.78, 5) is 30.4. The van der Waals surface area contributed by atoms with E-state index in [1.54, 1.807) is 16.4 Å². The first-order valence-corrected chi connectivity index (χ1v) is 11.7. The predicted molar refractivity (Wildman–Crippen MR) is 127 cm³/mol. The fraction of sp³-hybridized carbons (Fsp3) is 0.545. The van der Waals surface area contributed by atoms with Gasteiger partial charge in [0.05, 0.1) is 4.91 Å². The van der Waals surface area contributed by atoms with Crippen LogP contribution in [0.15, 0.2) is 9.70 Å². The molecular weight excluding hydrogens is 416 g/mol. The number of pyridine rings is 1. The van der Waals surface area contributed by atoms with Crippen molar-refractivity contribution in [2.24, 2.45) is 5.92 Å². The summed E-state index contributed by atoms with van der Waals surface area (Å²) < 4.78 is 2.28. The maximum atomic E-state index is 13.2. The first-order chi connectivity index (χ1) is 14.3. The van der Waals surface area contributed by atoms with E-state index in [-0.39, 0.29) is 17.0 Å². The zero-order chi connectivity index (χ0) is 22.0. The molecular formula is C22H28N4O2S2. The first kappa shape index (κ1) is 22.6. The van der Waals surface area contributed by atoms with Crippen molar-refractivity contribution >= 4 is 46.1 Å². The predicted octanol–water partition coefficient (Wildman–Crippen LogP) is 3.90. The Morgan fingerprint density at radius 1 is 1.33 bits per heavy atom. The van der Waals surface area contributed by atoms with E-state index in [4.69, 9.17) is 12.2 Å². The Morgan fingerprint density at radius 3 is 2.63 bits per heavy atom. The molecule has 8 heteroatoms. The maximum Gasteiger partial charge on any atom is 0.270 e. The number of piperidine rings is 1. The Hall–Kier alpha value is -2.11. The summed E-state index contributed by atoms with van der Waals surface area (Å²) in [6.07, 6.45) is 4.83. The van der Waals surface area contributed by atoms with Crippen LogP contribution in [0.1, 0.15) is 56.7 Å². The molecule has 1 atom stereocenters. The van der Waals surface area contributed by atoms with Gasteiger partial charge < -0.3 is 4.90 Å². The molecule has 0 radical (unpaired) electrons. The van der Waals surface area contributed by atoms with Crippen molar-refractivity contribution in [3.63, 3.8) is 0 Å². The Bertz CT molecular complexity index is 1010. The number of amides is 1. The molecule has 0 saturated carbocycles. The Balaban J connectivity index is 2.27. The minimum Gasteiger partial charge on any atom is -0.357 e. The van der Waals surface area contributed by atoms with Crippen LogP contribution < -0.4 is 10.5 Å². The minimum absolute atomic E-state index is 0.114. The smallest absolute Gasteiger partial charge is 0.270 e. The molecule has 6 nitrogen and oxygen atoms in total. The standard InChI is InChI=1S/C22H28N4O2S2/c1-5-9-26-19(24-10-7-8-14(3)13-24)16(15(4)17(12-23)20(26)27)11-18-21(28)25(6-2)22(29)30-18/h11,14H,5-10,13H2,1-4H3/b18-11+. The summed E-state index contributed by atoms with van der Waals surface area (Å²) >= 11 is 6.65. The van der Waals surface area contributed by atoms with Gasteiger partial charge in [0.15, 0.2) is 0 Å². The van der Waals surface area contributed by atoms with Gasteiger partial charge in [0.1, 0.15) is 21.8 Å². The number of thiocarbonyl (C=S) groups is 1. The molecule has 1 aromatic rings. The van der Waals surface area contributed by atoms with E-state index >= 15 is 0 Å². The number of carbonyl (C=O) groups excluding carboxylic acids is 1. The van der Waals surface area contributed by atoms with Crippen LogP contribution in [0.5, 0.6) is 0 Å². The summed E-state index contributed by atoms with van der Waals surface area (Å²) in [7, 11) is 0. The van der Waals surface area contributed by atoms with E-state index in [0.717, 1.165) is 43.7 Å². The lowest BCUT2D eigenvalue weighted by molar-refractivity contribution is -0.121. The highest BCUT2D eigenvalue weighted by atomic mass is 32.2. The summed E-state index contributed by atoms with van der Waals surface area (Å²) in [5, 5.41) is 9.70. The molecule has 1 aromatic heterocycles. The second-order valence-corrected chi connectivity index (χ2v) is 9.60. The van der Waals surface area contributed by atoms with Gasteiger partial charge in [0.2, 0.25) is 0 Å². The number of nitrogens with zero attached hydrogens (tertiary/aromatic N) is 4. The Kier molecular flexibility index (Phi) is 7.04. The van der Waals surface area contributed by atoms with Crippen LogP contribution in [-0.2, 0) is 11.3 Å². The number of hydrogen-bond donors (Lipinski definition) is 0. The maximum absolute atomic E-state index is 13.2. The third-order valence-corrected chi connectivity index (χ3v) is 7.09. The zero-order valence-corrected chi connectivity index (χ0v) is 19.7. The summed E-state index contributed by atoms with van der Waals surface area (Å²) in [5.74, 6) is 1.23. The SMILES string of the molecule is CCCn1c(N2CCCC(C)C2)c(/C=C2/SC(=S)N(CC)C2=O)c(C)c(C#N)c1=O. The molecule has 2 fully saturated rings. The van der Waals surface area contributed by atoms with Crippen molar-refractivity contribution < 1.29 is 4.79 Å². The van der Waals surface area contributed by atoms with Crippen LogP contribution >= 0.6 is 24.0 Å². The quantitative estimate of drug-likeness (QED) is 0.507. The van der Waals surface area contributed by atoms with Crippen molar-refractivity contribution in [3.8, 4) is 6.07 Å². The molecule has 0 bridgehead atoms. The molecule has 30 heavy (non-hydrogen) atoms. The van der Waals surface area contributed by atoms with Crippen molar-refractivity contribution in [3.05, 3.63) is 31.9 Å². The lowest BCUT2D eigenvalue weighted by Crippen LogP contribution is -2.40. The highest BCUT2D eigenvalue weighted by Gasteiger charge is 2.32. The number of likely N-dealkylation sites (N-methyl/N-ethyl adjacent to an activating group) is 1. The van der Waals surface area contributed by atoms with Crippen LogP contribution in [0.2, 0.25) is 0 Å². The van der Waals surface area contributed by atoms with Crippen molar-refractivity contribution in [2.45, 2.75) is 53.5 Å². The lowest BCUT2D eigenvalue weighted by Gasteiger charge is -2.36. The van der Waals surface area contributed by atoms with Gasteiger partial charge in [-0.15, -0.1) is 0 Å². The molecule has 0 aromatic carbocycles. The highest BCUT2D eigenvalue weighted by molar-refractivity contribution is 8.26. The van der Waals surface area contributed by atoms with E-state index in [1.807, 2.05) is 19.9 Å². The summed E-state index contributed by atoms with van der Waals surface area (Å²) in [6.45, 7) is 10.7. The third kappa shape index (κ3) is 4.06. The van der Waals surface area contributed by atoms with Gasteiger partial charge in [0, 0.05) is 31.7 Å². The molecule has 2 saturated heterocycles. The molecule has 0 spiro atoms. The van der Waals surface area contributed by atoms with Crippen LogP contribution in [-0.4, -0.2) is 39.3 Å². The molecule has 2 aliphatic rings. The normalized spacial score (nSPS) is 20.9. The van der Waals surface area contributed by atoms with Gasteiger partial charge in [-0.3, -0.25) is 19.1 Å². The van der Waals surface area contributed by atoms with Crippen LogP contribution in [0, 0.1) is 24.2 Å². The van der Waals surface area contributed by atoms with E-state index < -0.39 is 0 Å². The van der Waals surface area contributed by atoms with Gasteiger partial charge in [0.25, 0.3) is 11.5 Å². The number of anilines is 1.